The summed E-state index contributed by atoms with van der Waals surface area (Å²) in [7, 11) is 0. The molecule has 0 radical (unpaired) electrons. The second-order valence-electron chi connectivity index (χ2n) is 3.49. The number of hydrogen-bond acceptors (Lipinski definition) is 3. The smallest absolute Gasteiger partial charge is 0.303 e. The molecule has 3 heteroatoms. The molecular formula is C14H16O3. The third-order valence-corrected chi connectivity index (χ3v) is 2.02. The lowest BCUT2D eigenvalue weighted by Crippen LogP contribution is -2.17. The molecule has 1 atom stereocenters. The Labute approximate surface area is 101 Å². The van der Waals surface area contributed by atoms with Crippen molar-refractivity contribution in [2.24, 2.45) is 0 Å². The van der Waals surface area contributed by atoms with Crippen LogP contribution in [-0.2, 0) is 9.53 Å². The van der Waals surface area contributed by atoms with E-state index in [4.69, 9.17) is 9.84 Å². The average Bonchev–Trinajstić information content (AvgIpc) is 2.34. The molecule has 0 bridgehead atoms. The lowest BCUT2D eigenvalue weighted by atomic mass is 10.2. The largest absolute Gasteiger partial charge is 0.456 e. The minimum absolute atomic E-state index is 0.213. The highest BCUT2D eigenvalue weighted by atomic mass is 16.5. The van der Waals surface area contributed by atoms with Crippen molar-refractivity contribution in [2.45, 2.75) is 13.0 Å². The van der Waals surface area contributed by atoms with Crippen molar-refractivity contribution in [2.75, 3.05) is 6.61 Å². The summed E-state index contributed by atoms with van der Waals surface area (Å²) in [6.45, 7) is 1.10. The van der Waals surface area contributed by atoms with Crippen molar-refractivity contribution >= 4 is 12.0 Å². The minimum atomic E-state index is -0.576. The van der Waals surface area contributed by atoms with E-state index in [1.807, 2.05) is 42.5 Å². The Balaban J connectivity index is 2.48. The molecule has 0 heterocycles. The molecule has 0 aliphatic rings. The third kappa shape index (κ3) is 5.68. The molecule has 0 aliphatic carbocycles. The summed E-state index contributed by atoms with van der Waals surface area (Å²) in [6.07, 6.45) is 6.57. The minimum Gasteiger partial charge on any atom is -0.456 e. The topological polar surface area (TPSA) is 46.5 Å². The summed E-state index contributed by atoms with van der Waals surface area (Å²) in [5.41, 5.74) is 1.09. The number of benzene rings is 1. The number of carbonyl (C=O) groups is 1. The SMILES string of the molecule is CC(=O)OC(/C=C/C=C/c1ccccc1)CO. The lowest BCUT2D eigenvalue weighted by molar-refractivity contribution is -0.145. The van der Waals surface area contributed by atoms with E-state index in [-0.39, 0.29) is 6.61 Å². The van der Waals surface area contributed by atoms with E-state index in [9.17, 15) is 4.79 Å². The van der Waals surface area contributed by atoms with E-state index in [1.165, 1.54) is 6.92 Å². The molecule has 0 aromatic heterocycles. The lowest BCUT2D eigenvalue weighted by Gasteiger charge is -2.08. The fourth-order valence-corrected chi connectivity index (χ4v) is 1.27. The van der Waals surface area contributed by atoms with Crippen LogP contribution in [0.2, 0.25) is 0 Å². The molecule has 90 valence electrons. The van der Waals surface area contributed by atoms with E-state index in [0.717, 1.165) is 5.56 Å². The van der Waals surface area contributed by atoms with E-state index < -0.39 is 12.1 Å². The van der Waals surface area contributed by atoms with Gasteiger partial charge in [-0.1, -0.05) is 48.6 Å². The molecule has 0 aliphatic heterocycles. The van der Waals surface area contributed by atoms with E-state index >= 15 is 0 Å². The molecule has 1 N–H and O–H groups in total. The molecule has 1 aromatic rings. The molecule has 17 heavy (non-hydrogen) atoms. The molecule has 0 saturated heterocycles. The Hall–Kier alpha value is -1.87. The Kier molecular flexibility index (Phi) is 5.75. The zero-order valence-corrected chi connectivity index (χ0v) is 9.74. The first-order chi connectivity index (χ1) is 8.22. The van der Waals surface area contributed by atoms with Crippen LogP contribution in [0, 0.1) is 0 Å². The van der Waals surface area contributed by atoms with E-state index in [0.29, 0.717) is 0 Å². The first-order valence-electron chi connectivity index (χ1n) is 5.40. The summed E-state index contributed by atoms with van der Waals surface area (Å²) in [5, 5.41) is 8.94. The molecule has 0 fully saturated rings. The van der Waals surface area contributed by atoms with Gasteiger partial charge in [0.05, 0.1) is 6.61 Å². The molecule has 1 rings (SSSR count). The number of aliphatic hydroxyl groups is 1. The first kappa shape index (κ1) is 13.2. The Morgan fingerprint density at radius 2 is 2.06 bits per heavy atom. The highest BCUT2D eigenvalue weighted by Gasteiger charge is 2.04. The normalized spacial score (nSPS) is 13.1. The van der Waals surface area contributed by atoms with E-state index in [2.05, 4.69) is 0 Å². The predicted molar refractivity (Wildman–Crippen MR) is 67.3 cm³/mol. The van der Waals surface area contributed by atoms with Gasteiger partial charge in [0, 0.05) is 6.92 Å². The van der Waals surface area contributed by atoms with Gasteiger partial charge in [0.15, 0.2) is 0 Å². The second-order valence-corrected chi connectivity index (χ2v) is 3.49. The van der Waals surface area contributed by atoms with Crippen molar-refractivity contribution in [1.82, 2.24) is 0 Å². The van der Waals surface area contributed by atoms with Gasteiger partial charge in [-0.15, -0.1) is 0 Å². The predicted octanol–water partition coefficient (Wildman–Crippen LogP) is 2.18. The van der Waals surface area contributed by atoms with Gasteiger partial charge in [-0.05, 0) is 11.6 Å². The van der Waals surface area contributed by atoms with Crippen LogP contribution in [0.3, 0.4) is 0 Å². The maximum absolute atomic E-state index is 10.7. The quantitative estimate of drug-likeness (QED) is 0.625. The summed E-state index contributed by atoms with van der Waals surface area (Å²) in [4.78, 5) is 10.7. The summed E-state index contributed by atoms with van der Waals surface area (Å²) >= 11 is 0. The van der Waals surface area contributed by atoms with Crippen LogP contribution in [0.1, 0.15) is 12.5 Å². The van der Waals surface area contributed by atoms with Crippen LogP contribution in [0.25, 0.3) is 6.08 Å². The summed E-state index contributed by atoms with van der Waals surface area (Å²) in [6, 6.07) is 9.84. The van der Waals surface area contributed by atoms with Gasteiger partial charge in [-0.25, -0.2) is 0 Å². The van der Waals surface area contributed by atoms with Crippen molar-refractivity contribution in [1.29, 1.82) is 0 Å². The number of carbonyl (C=O) groups excluding carboxylic acids is 1. The van der Waals surface area contributed by atoms with Crippen LogP contribution < -0.4 is 0 Å². The van der Waals surface area contributed by atoms with Gasteiger partial charge < -0.3 is 9.84 Å². The number of allylic oxidation sites excluding steroid dienone is 2. The third-order valence-electron chi connectivity index (χ3n) is 2.02. The number of aliphatic hydroxyl groups excluding tert-OH is 1. The molecule has 0 amide bonds. The highest BCUT2D eigenvalue weighted by Crippen LogP contribution is 2.01. The second kappa shape index (κ2) is 7.41. The number of hydrogen-bond donors (Lipinski definition) is 1. The fraction of sp³-hybridized carbons (Fsp3) is 0.214. The van der Waals surface area contributed by atoms with Crippen LogP contribution in [-0.4, -0.2) is 23.8 Å². The Bertz CT molecular complexity index is 393. The van der Waals surface area contributed by atoms with Gasteiger partial charge >= 0.3 is 5.97 Å². The first-order valence-corrected chi connectivity index (χ1v) is 5.40. The summed E-state index contributed by atoms with van der Waals surface area (Å²) in [5.74, 6) is -0.402. The maximum Gasteiger partial charge on any atom is 0.303 e. The van der Waals surface area contributed by atoms with Crippen LogP contribution in [0.4, 0.5) is 0 Å². The highest BCUT2D eigenvalue weighted by molar-refractivity contribution is 5.66. The van der Waals surface area contributed by atoms with Crippen molar-refractivity contribution in [3.05, 3.63) is 54.1 Å². The van der Waals surface area contributed by atoms with Crippen molar-refractivity contribution < 1.29 is 14.6 Å². The van der Waals surface area contributed by atoms with Gasteiger partial charge in [-0.3, -0.25) is 4.79 Å². The molecule has 1 aromatic carbocycles. The Morgan fingerprint density at radius 1 is 1.35 bits per heavy atom. The molecule has 3 nitrogen and oxygen atoms in total. The number of rotatable bonds is 5. The standard InChI is InChI=1S/C14H16O3/c1-12(16)17-14(11-15)10-6-5-9-13-7-3-2-4-8-13/h2-10,14-15H,11H2,1H3/b9-5+,10-6+. The van der Waals surface area contributed by atoms with Crippen LogP contribution in [0.5, 0.6) is 0 Å². The van der Waals surface area contributed by atoms with Crippen molar-refractivity contribution in [3.63, 3.8) is 0 Å². The van der Waals surface area contributed by atoms with Gasteiger partial charge in [-0.2, -0.15) is 0 Å². The fourth-order valence-electron chi connectivity index (χ4n) is 1.27. The van der Waals surface area contributed by atoms with Crippen LogP contribution >= 0.6 is 0 Å². The number of ether oxygens (including phenoxy) is 1. The van der Waals surface area contributed by atoms with Gasteiger partial charge in [0.25, 0.3) is 0 Å². The molecule has 1 unspecified atom stereocenters. The average molecular weight is 232 g/mol. The Morgan fingerprint density at radius 3 is 2.65 bits per heavy atom. The van der Waals surface area contributed by atoms with E-state index in [1.54, 1.807) is 12.2 Å². The van der Waals surface area contributed by atoms with Gasteiger partial charge in [0.1, 0.15) is 6.10 Å². The van der Waals surface area contributed by atoms with Crippen LogP contribution in [0.15, 0.2) is 48.6 Å². The van der Waals surface area contributed by atoms with Crippen molar-refractivity contribution in [3.8, 4) is 0 Å². The monoisotopic (exact) mass is 232 g/mol. The number of esters is 1. The molecule has 0 saturated carbocycles. The summed E-state index contributed by atoms with van der Waals surface area (Å²) < 4.78 is 4.84. The molecule has 0 spiro atoms. The zero-order chi connectivity index (χ0) is 12.5. The molecular weight excluding hydrogens is 216 g/mol. The zero-order valence-electron chi connectivity index (χ0n) is 9.74. The van der Waals surface area contributed by atoms with Gasteiger partial charge in [0.2, 0.25) is 0 Å². The maximum atomic E-state index is 10.7.